The summed E-state index contributed by atoms with van der Waals surface area (Å²) >= 11 is 0. The molecule has 1 fully saturated rings. The van der Waals surface area contributed by atoms with Crippen molar-refractivity contribution in [2.75, 3.05) is 18.5 Å². The van der Waals surface area contributed by atoms with E-state index in [4.69, 9.17) is 5.11 Å². The number of aliphatic hydroxyl groups excluding tert-OH is 1. The highest BCUT2D eigenvalue weighted by atomic mass is 16.6. The quantitative estimate of drug-likeness (QED) is 0.547. The highest BCUT2D eigenvalue weighted by Crippen LogP contribution is 2.33. The van der Waals surface area contributed by atoms with Crippen molar-refractivity contribution < 1.29 is 19.9 Å². The van der Waals surface area contributed by atoms with E-state index in [9.17, 15) is 20.0 Å². The number of hydrogen-bond donors (Lipinski definition) is 3. The molecule has 0 heterocycles. The lowest BCUT2D eigenvalue weighted by Gasteiger charge is -2.18. The summed E-state index contributed by atoms with van der Waals surface area (Å²) in [6.07, 6.45) is 2.96. The van der Waals surface area contributed by atoms with Crippen LogP contribution < -0.4 is 5.32 Å². The van der Waals surface area contributed by atoms with Gasteiger partial charge in [-0.3, -0.25) is 10.1 Å². The van der Waals surface area contributed by atoms with Gasteiger partial charge in [0.1, 0.15) is 5.69 Å². The molecule has 0 saturated heterocycles. The zero-order valence-corrected chi connectivity index (χ0v) is 11.5. The van der Waals surface area contributed by atoms with Gasteiger partial charge in [0.2, 0.25) is 0 Å². The van der Waals surface area contributed by atoms with Crippen LogP contribution in [0.3, 0.4) is 0 Å². The van der Waals surface area contributed by atoms with Gasteiger partial charge in [-0.05, 0) is 36.8 Å². The highest BCUT2D eigenvalue weighted by Gasteiger charge is 2.27. The molecule has 0 bridgehead atoms. The summed E-state index contributed by atoms with van der Waals surface area (Å²) < 4.78 is 0. The second-order valence-corrected chi connectivity index (χ2v) is 5.31. The first kappa shape index (κ1) is 15.2. The van der Waals surface area contributed by atoms with E-state index in [2.05, 4.69) is 5.32 Å². The van der Waals surface area contributed by atoms with Gasteiger partial charge in [-0.25, -0.2) is 4.79 Å². The minimum Gasteiger partial charge on any atom is -0.478 e. The highest BCUT2D eigenvalue weighted by molar-refractivity contribution is 5.90. The third-order valence-electron chi connectivity index (χ3n) is 4.05. The molecule has 2 atom stereocenters. The Morgan fingerprint density at radius 2 is 2.10 bits per heavy atom. The van der Waals surface area contributed by atoms with Crippen molar-refractivity contribution in [1.82, 2.24) is 0 Å². The summed E-state index contributed by atoms with van der Waals surface area (Å²) in [6, 6.07) is 3.70. The van der Waals surface area contributed by atoms with Crippen LogP contribution in [-0.4, -0.2) is 34.3 Å². The van der Waals surface area contributed by atoms with Gasteiger partial charge in [0.05, 0.1) is 10.5 Å². The van der Waals surface area contributed by atoms with E-state index in [-0.39, 0.29) is 35.4 Å². The number of nitrogens with one attached hydrogen (secondary N) is 1. The average Bonchev–Trinajstić information content (AvgIpc) is 2.91. The molecule has 114 valence electrons. The molecule has 1 aliphatic rings. The van der Waals surface area contributed by atoms with Crippen LogP contribution in [0.15, 0.2) is 18.2 Å². The van der Waals surface area contributed by atoms with Crippen molar-refractivity contribution in [3.63, 3.8) is 0 Å². The predicted molar refractivity (Wildman–Crippen MR) is 76.5 cm³/mol. The van der Waals surface area contributed by atoms with Crippen LogP contribution in [0.4, 0.5) is 11.4 Å². The molecule has 0 aliphatic heterocycles. The predicted octanol–water partition coefficient (Wildman–Crippen LogP) is 2.11. The summed E-state index contributed by atoms with van der Waals surface area (Å²) in [5, 5.41) is 32.2. The van der Waals surface area contributed by atoms with E-state index in [1.807, 2.05) is 0 Å². The van der Waals surface area contributed by atoms with Crippen LogP contribution in [-0.2, 0) is 0 Å². The van der Waals surface area contributed by atoms with Gasteiger partial charge < -0.3 is 15.5 Å². The monoisotopic (exact) mass is 294 g/mol. The first-order valence-corrected chi connectivity index (χ1v) is 6.89. The molecule has 1 saturated carbocycles. The molecule has 7 heteroatoms. The minimum absolute atomic E-state index is 0.00762. The number of carboxylic acid groups (broad SMARTS) is 1. The van der Waals surface area contributed by atoms with Crippen LogP contribution in [0.2, 0.25) is 0 Å². The van der Waals surface area contributed by atoms with Crippen LogP contribution >= 0.6 is 0 Å². The number of rotatable bonds is 6. The number of benzene rings is 1. The lowest BCUT2D eigenvalue weighted by atomic mass is 9.97. The fraction of sp³-hybridized carbons (Fsp3) is 0.500. The molecule has 1 aliphatic carbocycles. The standard InChI is InChI=1S/C14H18N2O5/c17-8-11-3-1-2-10(11)7-15-12-6-9(14(18)19)4-5-13(12)16(20)21/h4-6,10-11,15,17H,1-3,7-8H2,(H,18,19). The van der Waals surface area contributed by atoms with E-state index in [1.54, 1.807) is 0 Å². The van der Waals surface area contributed by atoms with E-state index >= 15 is 0 Å². The van der Waals surface area contributed by atoms with E-state index in [0.717, 1.165) is 19.3 Å². The van der Waals surface area contributed by atoms with Crippen molar-refractivity contribution in [2.24, 2.45) is 11.8 Å². The summed E-state index contributed by atoms with van der Waals surface area (Å²) in [5.74, 6) is -0.663. The Morgan fingerprint density at radius 3 is 2.71 bits per heavy atom. The summed E-state index contributed by atoms with van der Waals surface area (Å²) in [4.78, 5) is 21.4. The number of anilines is 1. The van der Waals surface area contributed by atoms with Crippen LogP contribution in [0, 0.1) is 22.0 Å². The molecule has 0 radical (unpaired) electrons. The number of nitrogens with zero attached hydrogens (tertiary/aromatic N) is 1. The number of aromatic carboxylic acids is 1. The Hall–Kier alpha value is -2.15. The molecule has 0 aromatic heterocycles. The molecule has 0 spiro atoms. The van der Waals surface area contributed by atoms with Gasteiger partial charge in [0, 0.05) is 19.2 Å². The Bertz CT molecular complexity index is 546. The first-order valence-electron chi connectivity index (χ1n) is 6.89. The zero-order valence-electron chi connectivity index (χ0n) is 11.5. The molecule has 0 amide bonds. The maximum atomic E-state index is 11.0. The van der Waals surface area contributed by atoms with Gasteiger partial charge in [0.15, 0.2) is 0 Å². The van der Waals surface area contributed by atoms with Gasteiger partial charge >= 0.3 is 5.97 Å². The number of nitro benzene ring substituents is 1. The number of carbonyl (C=O) groups is 1. The molecular formula is C14H18N2O5. The molecule has 1 aromatic carbocycles. The number of hydrogen-bond acceptors (Lipinski definition) is 5. The van der Waals surface area contributed by atoms with Gasteiger partial charge in [-0.15, -0.1) is 0 Å². The second-order valence-electron chi connectivity index (χ2n) is 5.31. The van der Waals surface area contributed by atoms with E-state index in [1.165, 1.54) is 18.2 Å². The lowest BCUT2D eigenvalue weighted by Crippen LogP contribution is -2.21. The van der Waals surface area contributed by atoms with Crippen LogP contribution in [0.1, 0.15) is 29.6 Å². The van der Waals surface area contributed by atoms with Gasteiger partial charge in [0.25, 0.3) is 5.69 Å². The van der Waals surface area contributed by atoms with Crippen molar-refractivity contribution >= 4 is 17.3 Å². The van der Waals surface area contributed by atoms with Crippen LogP contribution in [0.25, 0.3) is 0 Å². The smallest absolute Gasteiger partial charge is 0.335 e. The molecule has 2 rings (SSSR count). The number of carboxylic acids is 1. The number of nitro groups is 1. The van der Waals surface area contributed by atoms with E-state index < -0.39 is 10.9 Å². The van der Waals surface area contributed by atoms with Crippen LogP contribution in [0.5, 0.6) is 0 Å². The third kappa shape index (κ3) is 3.49. The minimum atomic E-state index is -1.12. The van der Waals surface area contributed by atoms with Gasteiger partial charge in [-0.2, -0.15) is 0 Å². The Morgan fingerprint density at radius 1 is 1.38 bits per heavy atom. The first-order chi connectivity index (χ1) is 10.0. The van der Waals surface area contributed by atoms with Crippen molar-refractivity contribution in [3.05, 3.63) is 33.9 Å². The Kier molecular flexibility index (Phi) is 4.74. The Balaban J connectivity index is 2.15. The lowest BCUT2D eigenvalue weighted by molar-refractivity contribution is -0.384. The molecule has 7 nitrogen and oxygen atoms in total. The maximum absolute atomic E-state index is 11.0. The maximum Gasteiger partial charge on any atom is 0.335 e. The fourth-order valence-electron chi connectivity index (χ4n) is 2.83. The van der Waals surface area contributed by atoms with Crippen molar-refractivity contribution in [1.29, 1.82) is 0 Å². The fourth-order valence-corrected chi connectivity index (χ4v) is 2.83. The number of aliphatic hydroxyl groups is 1. The summed E-state index contributed by atoms with van der Waals surface area (Å²) in [7, 11) is 0. The Labute approximate surface area is 121 Å². The molecule has 3 N–H and O–H groups in total. The van der Waals surface area contributed by atoms with Gasteiger partial charge in [-0.1, -0.05) is 6.42 Å². The normalized spacial score (nSPS) is 21.2. The second kappa shape index (κ2) is 6.53. The summed E-state index contributed by atoms with van der Waals surface area (Å²) in [5.41, 5.74) is 0.0789. The largest absolute Gasteiger partial charge is 0.478 e. The summed E-state index contributed by atoms with van der Waals surface area (Å²) in [6.45, 7) is 0.610. The topological polar surface area (TPSA) is 113 Å². The molecular weight excluding hydrogens is 276 g/mol. The van der Waals surface area contributed by atoms with Crippen molar-refractivity contribution in [2.45, 2.75) is 19.3 Å². The average molecular weight is 294 g/mol. The van der Waals surface area contributed by atoms with Crippen molar-refractivity contribution in [3.8, 4) is 0 Å². The molecule has 2 unspecified atom stereocenters. The SMILES string of the molecule is O=C(O)c1ccc([N+](=O)[O-])c(NCC2CCCC2CO)c1. The zero-order chi connectivity index (χ0) is 15.4. The van der Waals surface area contributed by atoms with E-state index in [0.29, 0.717) is 6.54 Å². The third-order valence-corrected chi connectivity index (χ3v) is 4.05. The molecule has 1 aromatic rings. The molecule has 21 heavy (non-hydrogen) atoms.